The van der Waals surface area contributed by atoms with Gasteiger partial charge < -0.3 is 15.1 Å². The highest BCUT2D eigenvalue weighted by Gasteiger charge is 2.37. The number of hydrogen-bond donors (Lipinski definition) is 2. The predicted molar refractivity (Wildman–Crippen MR) is 82.0 cm³/mol. The molecule has 3 rings (SSSR count). The van der Waals surface area contributed by atoms with Crippen LogP contribution in [0.2, 0.25) is 0 Å². The molecule has 1 aromatic heterocycles. The number of carbonyl (C=O) groups is 1. The molecule has 3 unspecified atom stereocenters. The molecule has 4 nitrogen and oxygen atoms in total. The Morgan fingerprint density at radius 1 is 1.48 bits per heavy atom. The lowest BCUT2D eigenvalue weighted by atomic mass is 9.74. The van der Waals surface area contributed by atoms with Gasteiger partial charge in [-0.05, 0) is 43.7 Å². The number of hydrogen-bond acceptors (Lipinski definition) is 3. The van der Waals surface area contributed by atoms with E-state index in [0.29, 0.717) is 5.92 Å². The zero-order chi connectivity index (χ0) is 15.2. The number of aryl methyl sites for hydroxylation is 1. The maximum atomic E-state index is 12.5. The lowest BCUT2D eigenvalue weighted by Crippen LogP contribution is -2.46. The smallest absolute Gasteiger partial charge is 0.237 e. The van der Waals surface area contributed by atoms with Gasteiger partial charge in [-0.2, -0.15) is 0 Å². The fraction of sp³-hybridized carbons (Fsp3) is 0.706. The highest BCUT2D eigenvalue weighted by Crippen LogP contribution is 2.42. The van der Waals surface area contributed by atoms with Crippen LogP contribution in [-0.4, -0.2) is 18.5 Å². The number of carbonyl (C=O) groups excluding carboxylic acids is 1. The van der Waals surface area contributed by atoms with Gasteiger partial charge in [0.2, 0.25) is 5.91 Å². The van der Waals surface area contributed by atoms with Crippen LogP contribution < -0.4 is 10.6 Å². The van der Waals surface area contributed by atoms with Gasteiger partial charge in [-0.25, -0.2) is 0 Å². The van der Waals surface area contributed by atoms with E-state index >= 15 is 0 Å². The Kier molecular flexibility index (Phi) is 3.60. The van der Waals surface area contributed by atoms with Gasteiger partial charge in [-0.15, -0.1) is 0 Å². The molecule has 0 saturated carbocycles. The SMILES string of the molecule is Cc1cc2c(o1)CC(C)(C)CC2NC(=O)C1NCCC1C. The third-order valence-electron chi connectivity index (χ3n) is 4.87. The Bertz CT molecular complexity index is 547. The molecule has 2 aliphatic rings. The van der Waals surface area contributed by atoms with Gasteiger partial charge in [0.15, 0.2) is 0 Å². The molecule has 116 valence electrons. The zero-order valence-corrected chi connectivity index (χ0v) is 13.5. The van der Waals surface area contributed by atoms with E-state index < -0.39 is 0 Å². The minimum Gasteiger partial charge on any atom is -0.466 e. The second-order valence-electron chi connectivity index (χ2n) is 7.54. The summed E-state index contributed by atoms with van der Waals surface area (Å²) >= 11 is 0. The van der Waals surface area contributed by atoms with E-state index in [9.17, 15) is 4.79 Å². The van der Waals surface area contributed by atoms with E-state index in [-0.39, 0.29) is 23.4 Å². The van der Waals surface area contributed by atoms with Crippen LogP contribution in [0.3, 0.4) is 0 Å². The van der Waals surface area contributed by atoms with Crippen molar-refractivity contribution in [3.05, 3.63) is 23.2 Å². The predicted octanol–water partition coefficient (Wildman–Crippen LogP) is 2.72. The molecule has 21 heavy (non-hydrogen) atoms. The normalized spacial score (nSPS) is 31.0. The van der Waals surface area contributed by atoms with E-state index in [1.54, 1.807) is 0 Å². The van der Waals surface area contributed by atoms with Crippen LogP contribution in [0, 0.1) is 18.3 Å². The van der Waals surface area contributed by atoms with Crippen molar-refractivity contribution in [1.29, 1.82) is 0 Å². The van der Waals surface area contributed by atoms with Gasteiger partial charge >= 0.3 is 0 Å². The average molecular weight is 290 g/mol. The van der Waals surface area contributed by atoms with E-state index in [4.69, 9.17) is 4.42 Å². The summed E-state index contributed by atoms with van der Waals surface area (Å²) < 4.78 is 5.83. The van der Waals surface area contributed by atoms with Crippen molar-refractivity contribution in [2.75, 3.05) is 6.54 Å². The molecule has 0 radical (unpaired) electrons. The van der Waals surface area contributed by atoms with Crippen LogP contribution in [-0.2, 0) is 11.2 Å². The lowest BCUT2D eigenvalue weighted by Gasteiger charge is -2.35. The number of fused-ring (bicyclic) bond motifs is 1. The second-order valence-corrected chi connectivity index (χ2v) is 7.54. The van der Waals surface area contributed by atoms with Crippen molar-refractivity contribution in [1.82, 2.24) is 10.6 Å². The van der Waals surface area contributed by atoms with Crippen molar-refractivity contribution in [3.63, 3.8) is 0 Å². The first-order chi connectivity index (χ1) is 9.85. The molecule has 1 amide bonds. The highest BCUT2D eigenvalue weighted by atomic mass is 16.3. The van der Waals surface area contributed by atoms with Gasteiger partial charge in [0.25, 0.3) is 0 Å². The minimum atomic E-state index is -0.0495. The summed E-state index contributed by atoms with van der Waals surface area (Å²) in [6.45, 7) is 9.53. The van der Waals surface area contributed by atoms with E-state index in [1.807, 2.05) is 6.92 Å². The minimum absolute atomic E-state index is 0.0495. The van der Waals surface area contributed by atoms with Crippen molar-refractivity contribution < 1.29 is 9.21 Å². The van der Waals surface area contributed by atoms with Crippen molar-refractivity contribution in [2.45, 2.75) is 59.0 Å². The Morgan fingerprint density at radius 2 is 2.24 bits per heavy atom. The molecule has 3 atom stereocenters. The molecular weight excluding hydrogens is 264 g/mol. The summed E-state index contributed by atoms with van der Waals surface area (Å²) in [6.07, 6.45) is 2.98. The molecule has 1 saturated heterocycles. The van der Waals surface area contributed by atoms with Crippen LogP contribution in [0.25, 0.3) is 0 Å². The third kappa shape index (κ3) is 2.86. The molecule has 2 N–H and O–H groups in total. The number of nitrogens with one attached hydrogen (secondary N) is 2. The first kappa shape index (κ1) is 14.6. The van der Waals surface area contributed by atoms with Crippen LogP contribution in [0.4, 0.5) is 0 Å². The molecule has 2 heterocycles. The van der Waals surface area contributed by atoms with E-state index in [1.165, 1.54) is 5.56 Å². The van der Waals surface area contributed by atoms with E-state index in [2.05, 4.69) is 37.5 Å². The quantitative estimate of drug-likeness (QED) is 0.880. The lowest BCUT2D eigenvalue weighted by molar-refractivity contribution is -0.124. The fourth-order valence-electron chi connectivity index (χ4n) is 3.76. The summed E-state index contributed by atoms with van der Waals surface area (Å²) in [7, 11) is 0. The number of furan rings is 1. The first-order valence-corrected chi connectivity index (χ1v) is 7.99. The third-order valence-corrected chi connectivity index (χ3v) is 4.87. The molecular formula is C17H26N2O2. The fourth-order valence-corrected chi connectivity index (χ4v) is 3.76. The summed E-state index contributed by atoms with van der Waals surface area (Å²) in [4.78, 5) is 12.5. The first-order valence-electron chi connectivity index (χ1n) is 7.99. The van der Waals surface area contributed by atoms with Crippen LogP contribution in [0.5, 0.6) is 0 Å². The molecule has 0 aromatic carbocycles. The van der Waals surface area contributed by atoms with Gasteiger partial charge in [-0.1, -0.05) is 20.8 Å². The van der Waals surface area contributed by atoms with Gasteiger partial charge in [0, 0.05) is 12.0 Å². The molecule has 1 aromatic rings. The molecule has 1 aliphatic carbocycles. The maximum Gasteiger partial charge on any atom is 0.237 e. The standard InChI is InChI=1S/C17H26N2O2/c1-10-5-6-18-15(10)16(20)19-13-8-17(3,4)9-14-12(13)7-11(2)21-14/h7,10,13,15,18H,5-6,8-9H2,1-4H3,(H,19,20). The van der Waals surface area contributed by atoms with Gasteiger partial charge in [0.05, 0.1) is 12.1 Å². The van der Waals surface area contributed by atoms with Gasteiger partial charge in [-0.3, -0.25) is 4.79 Å². The van der Waals surface area contributed by atoms with Crippen LogP contribution >= 0.6 is 0 Å². The molecule has 1 fully saturated rings. The topological polar surface area (TPSA) is 54.3 Å². The maximum absolute atomic E-state index is 12.5. The Hall–Kier alpha value is -1.29. The molecule has 1 aliphatic heterocycles. The monoisotopic (exact) mass is 290 g/mol. The number of rotatable bonds is 2. The summed E-state index contributed by atoms with van der Waals surface area (Å²) in [5.74, 6) is 2.52. The van der Waals surface area contributed by atoms with Gasteiger partial charge in [0.1, 0.15) is 11.5 Å². The highest BCUT2D eigenvalue weighted by molar-refractivity contribution is 5.82. The Balaban J connectivity index is 1.79. The van der Waals surface area contributed by atoms with Crippen molar-refractivity contribution in [2.24, 2.45) is 11.3 Å². The largest absolute Gasteiger partial charge is 0.466 e. The molecule has 4 heteroatoms. The number of amides is 1. The average Bonchev–Trinajstić information content (AvgIpc) is 2.93. The van der Waals surface area contributed by atoms with Crippen LogP contribution in [0.1, 0.15) is 56.7 Å². The van der Waals surface area contributed by atoms with Crippen molar-refractivity contribution in [3.8, 4) is 0 Å². The second kappa shape index (κ2) is 5.16. The van der Waals surface area contributed by atoms with Crippen molar-refractivity contribution >= 4 is 5.91 Å². The summed E-state index contributed by atoms with van der Waals surface area (Å²) in [5, 5.41) is 6.57. The zero-order valence-electron chi connectivity index (χ0n) is 13.5. The van der Waals surface area contributed by atoms with E-state index in [0.717, 1.165) is 37.3 Å². The molecule has 0 bridgehead atoms. The van der Waals surface area contributed by atoms with Crippen LogP contribution in [0.15, 0.2) is 10.5 Å². The Labute approximate surface area is 126 Å². The Morgan fingerprint density at radius 3 is 2.90 bits per heavy atom. The summed E-state index contributed by atoms with van der Waals surface area (Å²) in [6, 6.07) is 2.11. The molecule has 0 spiro atoms. The summed E-state index contributed by atoms with van der Waals surface area (Å²) in [5.41, 5.74) is 1.33.